The van der Waals surface area contributed by atoms with Gasteiger partial charge in [0.05, 0.1) is 17.6 Å². The molecule has 1 aromatic rings. The lowest BCUT2D eigenvalue weighted by atomic mass is 9.99. The number of hydrogen-bond donors (Lipinski definition) is 0. The molecule has 0 aromatic heterocycles. The van der Waals surface area contributed by atoms with Crippen LogP contribution >= 0.6 is 0 Å². The molecule has 0 spiro atoms. The average Bonchev–Trinajstić information content (AvgIpc) is 2.15. The van der Waals surface area contributed by atoms with Crippen molar-refractivity contribution in [3.63, 3.8) is 0 Å². The third-order valence-corrected chi connectivity index (χ3v) is 1.99. The van der Waals surface area contributed by atoms with Crippen molar-refractivity contribution >= 4 is 0 Å². The van der Waals surface area contributed by atoms with Gasteiger partial charge in [-0.2, -0.15) is 18.4 Å². The molecular weight excluding hydrogens is 210 g/mol. The lowest BCUT2D eigenvalue weighted by Crippen LogP contribution is -2.10. The molecule has 1 rings (SSSR count). The van der Waals surface area contributed by atoms with E-state index < -0.39 is 23.5 Å². The highest BCUT2D eigenvalue weighted by Crippen LogP contribution is 2.33. The normalized spacial score (nSPS) is 13.3. The maximum absolute atomic E-state index is 13.3. The molecule has 0 amide bonds. The van der Waals surface area contributed by atoms with E-state index in [1.165, 1.54) is 13.0 Å². The van der Waals surface area contributed by atoms with Gasteiger partial charge in [0.25, 0.3) is 0 Å². The fourth-order valence-corrected chi connectivity index (χ4v) is 1.17. The van der Waals surface area contributed by atoms with Crippen molar-refractivity contribution < 1.29 is 17.6 Å². The first-order valence-corrected chi connectivity index (χ1v) is 4.13. The van der Waals surface area contributed by atoms with Gasteiger partial charge < -0.3 is 0 Å². The van der Waals surface area contributed by atoms with Crippen molar-refractivity contribution in [3.8, 4) is 6.07 Å². The first-order chi connectivity index (χ1) is 6.88. The number of benzene rings is 1. The Morgan fingerprint density at radius 3 is 2.40 bits per heavy atom. The molecule has 0 fully saturated rings. The molecule has 0 aliphatic heterocycles. The van der Waals surface area contributed by atoms with Gasteiger partial charge in [0.1, 0.15) is 5.82 Å². The lowest BCUT2D eigenvalue weighted by Gasteiger charge is -2.11. The molecule has 0 bridgehead atoms. The first-order valence-electron chi connectivity index (χ1n) is 4.13. The summed E-state index contributed by atoms with van der Waals surface area (Å²) in [5.41, 5.74) is -1.56. The zero-order valence-corrected chi connectivity index (χ0v) is 7.77. The number of nitriles is 1. The van der Waals surface area contributed by atoms with Gasteiger partial charge in [0.2, 0.25) is 0 Å². The highest BCUT2D eigenvalue weighted by atomic mass is 19.4. The highest BCUT2D eigenvalue weighted by molar-refractivity contribution is 5.32. The molecule has 0 aliphatic carbocycles. The van der Waals surface area contributed by atoms with E-state index in [4.69, 9.17) is 5.26 Å². The van der Waals surface area contributed by atoms with Crippen LogP contribution in [0.2, 0.25) is 0 Å². The molecule has 0 aliphatic rings. The highest BCUT2D eigenvalue weighted by Gasteiger charge is 2.35. The predicted molar refractivity (Wildman–Crippen MR) is 45.4 cm³/mol. The molecule has 80 valence electrons. The second-order valence-corrected chi connectivity index (χ2v) is 3.06. The molecule has 1 aromatic carbocycles. The Labute approximate surface area is 83.9 Å². The molecular formula is C10H7F4N. The number of alkyl halides is 3. The molecule has 1 atom stereocenters. The Bertz CT molecular complexity index is 403. The van der Waals surface area contributed by atoms with Gasteiger partial charge in [0, 0.05) is 5.56 Å². The zero-order valence-electron chi connectivity index (χ0n) is 7.77. The first kappa shape index (κ1) is 11.5. The monoisotopic (exact) mass is 217 g/mol. The van der Waals surface area contributed by atoms with Crippen LogP contribution in [-0.2, 0) is 6.18 Å². The summed E-state index contributed by atoms with van der Waals surface area (Å²) >= 11 is 0. The average molecular weight is 217 g/mol. The summed E-state index contributed by atoms with van der Waals surface area (Å²) in [6, 6.07) is 4.62. The molecule has 1 nitrogen and oxygen atoms in total. The maximum Gasteiger partial charge on any atom is 0.419 e. The van der Waals surface area contributed by atoms with Gasteiger partial charge in [-0.25, -0.2) is 4.39 Å². The molecule has 0 saturated heterocycles. The van der Waals surface area contributed by atoms with Crippen LogP contribution in [0.3, 0.4) is 0 Å². The molecule has 0 radical (unpaired) electrons. The Kier molecular flexibility index (Phi) is 2.98. The second kappa shape index (κ2) is 3.89. The van der Waals surface area contributed by atoms with Crippen molar-refractivity contribution in [2.24, 2.45) is 0 Å². The van der Waals surface area contributed by atoms with E-state index in [-0.39, 0.29) is 5.56 Å². The number of nitrogens with zero attached hydrogens (tertiary/aromatic N) is 1. The zero-order chi connectivity index (χ0) is 11.6. The van der Waals surface area contributed by atoms with Gasteiger partial charge in [-0.15, -0.1) is 0 Å². The molecule has 0 N–H and O–H groups in total. The summed E-state index contributed by atoms with van der Waals surface area (Å²) in [6.07, 6.45) is -4.73. The third kappa shape index (κ3) is 2.27. The van der Waals surface area contributed by atoms with Crippen LogP contribution in [0.5, 0.6) is 0 Å². The molecule has 15 heavy (non-hydrogen) atoms. The van der Waals surface area contributed by atoms with Gasteiger partial charge >= 0.3 is 6.18 Å². The van der Waals surface area contributed by atoms with E-state index in [2.05, 4.69) is 0 Å². The summed E-state index contributed by atoms with van der Waals surface area (Å²) in [6.45, 7) is 1.35. The Morgan fingerprint density at radius 2 is 1.93 bits per heavy atom. The van der Waals surface area contributed by atoms with Crippen molar-refractivity contribution in [3.05, 3.63) is 35.1 Å². The van der Waals surface area contributed by atoms with E-state index in [1.807, 2.05) is 0 Å². The van der Waals surface area contributed by atoms with Crippen molar-refractivity contribution in [2.75, 3.05) is 0 Å². The topological polar surface area (TPSA) is 23.8 Å². The standard InChI is InChI=1S/C10H7F4N/c1-6(5-15)7-3-2-4-8(9(7)11)10(12,13)14/h2-4,6H,1H3. The summed E-state index contributed by atoms with van der Waals surface area (Å²) in [4.78, 5) is 0. The van der Waals surface area contributed by atoms with Crippen LogP contribution in [-0.4, -0.2) is 0 Å². The van der Waals surface area contributed by atoms with Gasteiger partial charge in [-0.05, 0) is 13.0 Å². The number of halogens is 4. The summed E-state index contributed by atoms with van der Waals surface area (Å²) in [5.74, 6) is -2.26. The van der Waals surface area contributed by atoms with Crippen LogP contribution in [0, 0.1) is 17.1 Å². The smallest absolute Gasteiger partial charge is 0.206 e. The SMILES string of the molecule is CC(C#N)c1cccc(C(F)(F)F)c1F. The molecule has 1 unspecified atom stereocenters. The molecule has 5 heteroatoms. The van der Waals surface area contributed by atoms with E-state index in [1.54, 1.807) is 6.07 Å². The third-order valence-electron chi connectivity index (χ3n) is 1.99. The predicted octanol–water partition coefficient (Wildman–Crippen LogP) is 3.47. The van der Waals surface area contributed by atoms with E-state index in [0.717, 1.165) is 6.07 Å². The van der Waals surface area contributed by atoms with Gasteiger partial charge in [0.15, 0.2) is 0 Å². The van der Waals surface area contributed by atoms with Gasteiger partial charge in [-0.1, -0.05) is 12.1 Å². The summed E-state index contributed by atoms with van der Waals surface area (Å²) in [5, 5.41) is 8.51. The van der Waals surface area contributed by atoms with E-state index >= 15 is 0 Å². The van der Waals surface area contributed by atoms with E-state index in [0.29, 0.717) is 6.07 Å². The van der Waals surface area contributed by atoms with Crippen LogP contribution in [0.25, 0.3) is 0 Å². The van der Waals surface area contributed by atoms with Crippen LogP contribution in [0.4, 0.5) is 17.6 Å². The van der Waals surface area contributed by atoms with Crippen molar-refractivity contribution in [2.45, 2.75) is 19.0 Å². The quantitative estimate of drug-likeness (QED) is 0.660. The second-order valence-electron chi connectivity index (χ2n) is 3.06. The van der Waals surface area contributed by atoms with E-state index in [9.17, 15) is 17.6 Å². The lowest BCUT2D eigenvalue weighted by molar-refractivity contribution is -0.140. The van der Waals surface area contributed by atoms with Crippen molar-refractivity contribution in [1.29, 1.82) is 5.26 Å². The molecule has 0 heterocycles. The number of hydrogen-bond acceptors (Lipinski definition) is 1. The minimum absolute atomic E-state index is 0.229. The minimum Gasteiger partial charge on any atom is -0.206 e. The Hall–Kier alpha value is -1.57. The summed E-state index contributed by atoms with van der Waals surface area (Å²) < 4.78 is 50.2. The van der Waals surface area contributed by atoms with Crippen LogP contribution < -0.4 is 0 Å². The molecule has 0 saturated carbocycles. The largest absolute Gasteiger partial charge is 0.419 e. The fourth-order valence-electron chi connectivity index (χ4n) is 1.17. The Morgan fingerprint density at radius 1 is 1.33 bits per heavy atom. The van der Waals surface area contributed by atoms with Gasteiger partial charge in [-0.3, -0.25) is 0 Å². The van der Waals surface area contributed by atoms with Crippen LogP contribution in [0.15, 0.2) is 18.2 Å². The fraction of sp³-hybridized carbons (Fsp3) is 0.300. The Balaban J connectivity index is 3.31. The summed E-state index contributed by atoms with van der Waals surface area (Å²) in [7, 11) is 0. The minimum atomic E-state index is -4.73. The maximum atomic E-state index is 13.3. The number of rotatable bonds is 1. The van der Waals surface area contributed by atoms with Crippen molar-refractivity contribution in [1.82, 2.24) is 0 Å². The van der Waals surface area contributed by atoms with Crippen LogP contribution in [0.1, 0.15) is 24.0 Å².